The zero-order valence-corrected chi connectivity index (χ0v) is 20.0. The van der Waals surface area contributed by atoms with Gasteiger partial charge < -0.3 is 14.2 Å². The van der Waals surface area contributed by atoms with Gasteiger partial charge in [-0.2, -0.15) is 13.2 Å². The summed E-state index contributed by atoms with van der Waals surface area (Å²) in [5.74, 6) is 0.375. The molecule has 0 atom stereocenters. The standard InChI is InChI=1S/C24H29ClF3N3O2/c1-15(2)33-18-6-5-16(13-17(18)25)21(32)30-11-9-23(10-12-30)19-7-8-20(24(26,27)28)31(19)14-22(3,4)29-23/h5-8,13,15,29H,9-12,14H2,1-4H3. The van der Waals surface area contributed by atoms with Crippen LogP contribution in [0.15, 0.2) is 30.3 Å². The predicted octanol–water partition coefficient (Wildman–Crippen LogP) is 5.46. The number of rotatable bonds is 3. The van der Waals surface area contributed by atoms with Crippen molar-refractivity contribution >= 4 is 17.5 Å². The maximum Gasteiger partial charge on any atom is 0.431 e. The van der Waals surface area contributed by atoms with Crippen LogP contribution < -0.4 is 10.1 Å². The monoisotopic (exact) mass is 483 g/mol. The molecule has 1 N–H and O–H groups in total. The quantitative estimate of drug-likeness (QED) is 0.630. The normalized spacial score (nSPS) is 19.6. The minimum absolute atomic E-state index is 0.0358. The van der Waals surface area contributed by atoms with Crippen molar-refractivity contribution in [2.75, 3.05) is 13.1 Å². The number of benzene rings is 1. The molecule has 1 aromatic heterocycles. The van der Waals surface area contributed by atoms with E-state index in [9.17, 15) is 18.0 Å². The van der Waals surface area contributed by atoms with Crippen LogP contribution in [0, 0.1) is 0 Å². The van der Waals surface area contributed by atoms with Gasteiger partial charge >= 0.3 is 6.18 Å². The van der Waals surface area contributed by atoms with E-state index in [1.165, 1.54) is 10.6 Å². The lowest BCUT2D eigenvalue weighted by molar-refractivity contribution is -0.144. The molecule has 0 saturated carbocycles. The zero-order valence-electron chi connectivity index (χ0n) is 19.2. The van der Waals surface area contributed by atoms with Gasteiger partial charge in [-0.05, 0) is 70.9 Å². The number of hydrogen-bond donors (Lipinski definition) is 1. The van der Waals surface area contributed by atoms with E-state index in [2.05, 4.69) is 5.32 Å². The number of nitrogens with one attached hydrogen (secondary N) is 1. The second-order valence-electron chi connectivity index (χ2n) is 9.88. The number of alkyl halides is 3. The molecule has 180 valence electrons. The van der Waals surface area contributed by atoms with Crippen molar-refractivity contribution in [2.24, 2.45) is 0 Å². The van der Waals surface area contributed by atoms with Gasteiger partial charge in [-0.1, -0.05) is 11.6 Å². The summed E-state index contributed by atoms with van der Waals surface area (Å²) < 4.78 is 47.8. The van der Waals surface area contributed by atoms with Crippen molar-refractivity contribution in [3.63, 3.8) is 0 Å². The highest BCUT2D eigenvalue weighted by Crippen LogP contribution is 2.43. The Kier molecular flexibility index (Phi) is 5.98. The van der Waals surface area contributed by atoms with Gasteiger partial charge in [0.05, 0.1) is 16.7 Å². The highest BCUT2D eigenvalue weighted by Gasteiger charge is 2.48. The van der Waals surface area contributed by atoms with Gasteiger partial charge in [-0.15, -0.1) is 0 Å². The second-order valence-corrected chi connectivity index (χ2v) is 10.3. The van der Waals surface area contributed by atoms with Crippen LogP contribution in [0.3, 0.4) is 0 Å². The SMILES string of the molecule is CC(C)Oc1ccc(C(=O)N2CCC3(CC2)NC(C)(C)Cn2c(C(F)(F)F)ccc23)cc1Cl. The average molecular weight is 484 g/mol. The fourth-order valence-corrected chi connectivity index (χ4v) is 5.31. The molecule has 4 rings (SSSR count). The smallest absolute Gasteiger partial charge is 0.431 e. The van der Waals surface area contributed by atoms with Crippen LogP contribution in [0.25, 0.3) is 0 Å². The van der Waals surface area contributed by atoms with Crippen LogP contribution >= 0.6 is 11.6 Å². The molecule has 2 aliphatic heterocycles. The number of halogens is 4. The molecule has 1 amide bonds. The summed E-state index contributed by atoms with van der Waals surface area (Å²) in [6, 6.07) is 7.74. The first-order valence-electron chi connectivity index (χ1n) is 11.1. The number of aromatic nitrogens is 1. The van der Waals surface area contributed by atoms with Gasteiger partial charge in [0.15, 0.2) is 0 Å². The molecule has 1 spiro atoms. The third-order valence-corrected chi connectivity index (χ3v) is 6.63. The van der Waals surface area contributed by atoms with Gasteiger partial charge in [0.2, 0.25) is 0 Å². The molecule has 1 saturated heterocycles. The maximum absolute atomic E-state index is 13.6. The fourth-order valence-electron chi connectivity index (χ4n) is 5.09. The molecule has 9 heteroatoms. The molecular formula is C24H29ClF3N3O2. The Morgan fingerprint density at radius 2 is 1.82 bits per heavy atom. The van der Waals surface area contributed by atoms with Crippen molar-refractivity contribution in [3.05, 3.63) is 52.3 Å². The van der Waals surface area contributed by atoms with E-state index in [4.69, 9.17) is 16.3 Å². The van der Waals surface area contributed by atoms with Crippen molar-refractivity contribution in [1.29, 1.82) is 0 Å². The minimum atomic E-state index is -4.41. The number of nitrogens with zero attached hydrogens (tertiary/aromatic N) is 2. The number of piperidine rings is 1. The van der Waals surface area contributed by atoms with Gasteiger partial charge in [0.25, 0.3) is 5.91 Å². The number of likely N-dealkylation sites (tertiary alicyclic amines) is 1. The topological polar surface area (TPSA) is 46.5 Å². The Labute approximate surface area is 196 Å². The molecular weight excluding hydrogens is 455 g/mol. The molecule has 0 aliphatic carbocycles. The molecule has 2 aliphatic rings. The van der Waals surface area contributed by atoms with E-state index in [-0.39, 0.29) is 18.6 Å². The van der Waals surface area contributed by atoms with Gasteiger partial charge in [0, 0.05) is 36.4 Å². The number of carbonyl (C=O) groups excluding carboxylic acids is 1. The Hall–Kier alpha value is -2.19. The molecule has 33 heavy (non-hydrogen) atoms. The van der Waals surface area contributed by atoms with Gasteiger partial charge in [0.1, 0.15) is 11.4 Å². The second kappa shape index (κ2) is 8.24. The van der Waals surface area contributed by atoms with E-state index in [0.717, 1.165) is 0 Å². The van der Waals surface area contributed by atoms with Crippen LogP contribution in [0.2, 0.25) is 5.02 Å². The zero-order chi connectivity index (χ0) is 24.2. The minimum Gasteiger partial charge on any atom is -0.489 e. The number of ether oxygens (including phenoxy) is 1. The van der Waals surface area contributed by atoms with Gasteiger partial charge in [-0.3, -0.25) is 10.1 Å². The summed E-state index contributed by atoms with van der Waals surface area (Å²) in [6.07, 6.45) is -3.41. The number of carbonyl (C=O) groups is 1. The van der Waals surface area contributed by atoms with Crippen molar-refractivity contribution in [2.45, 2.75) is 70.4 Å². The fraction of sp³-hybridized carbons (Fsp3) is 0.542. The Bertz CT molecular complexity index is 1050. The van der Waals surface area contributed by atoms with Crippen LogP contribution in [0.5, 0.6) is 5.75 Å². The summed E-state index contributed by atoms with van der Waals surface area (Å²) in [5.41, 5.74) is -0.651. The third kappa shape index (κ3) is 4.60. The highest BCUT2D eigenvalue weighted by atomic mass is 35.5. The van der Waals surface area contributed by atoms with Crippen LogP contribution in [-0.2, 0) is 18.3 Å². The molecule has 5 nitrogen and oxygen atoms in total. The van der Waals surface area contributed by atoms with E-state index >= 15 is 0 Å². The van der Waals surface area contributed by atoms with Crippen LogP contribution in [0.4, 0.5) is 13.2 Å². The van der Waals surface area contributed by atoms with Crippen LogP contribution in [0.1, 0.15) is 62.3 Å². The highest BCUT2D eigenvalue weighted by molar-refractivity contribution is 6.32. The average Bonchev–Trinajstić information content (AvgIpc) is 3.13. The first kappa shape index (κ1) is 24.0. The molecule has 0 radical (unpaired) electrons. The van der Waals surface area contributed by atoms with E-state index < -0.39 is 22.9 Å². The van der Waals surface area contributed by atoms with Crippen molar-refractivity contribution < 1.29 is 22.7 Å². The maximum atomic E-state index is 13.6. The Morgan fingerprint density at radius 3 is 2.39 bits per heavy atom. The first-order chi connectivity index (χ1) is 15.3. The Morgan fingerprint density at radius 1 is 1.15 bits per heavy atom. The molecule has 0 bridgehead atoms. The van der Waals surface area contributed by atoms with Crippen LogP contribution in [-0.4, -0.2) is 40.1 Å². The summed E-state index contributed by atoms with van der Waals surface area (Å²) in [4.78, 5) is 14.9. The molecule has 1 aromatic carbocycles. The number of fused-ring (bicyclic) bond motifs is 2. The lowest BCUT2D eigenvalue weighted by Crippen LogP contribution is -2.63. The third-order valence-electron chi connectivity index (χ3n) is 6.34. The number of hydrogen-bond acceptors (Lipinski definition) is 3. The number of amides is 1. The lowest BCUT2D eigenvalue weighted by Gasteiger charge is -2.51. The molecule has 1 fully saturated rings. The Balaban J connectivity index is 1.55. The van der Waals surface area contributed by atoms with Gasteiger partial charge in [-0.25, -0.2) is 0 Å². The molecule has 2 aromatic rings. The first-order valence-corrected chi connectivity index (χ1v) is 11.5. The lowest BCUT2D eigenvalue weighted by atomic mass is 9.79. The molecule has 3 heterocycles. The summed E-state index contributed by atoms with van der Waals surface area (Å²) in [5, 5.41) is 3.97. The van der Waals surface area contributed by atoms with E-state index in [0.29, 0.717) is 48.0 Å². The predicted molar refractivity (Wildman–Crippen MR) is 121 cm³/mol. The van der Waals surface area contributed by atoms with E-state index in [1.54, 1.807) is 29.2 Å². The van der Waals surface area contributed by atoms with Crippen molar-refractivity contribution in [1.82, 2.24) is 14.8 Å². The summed E-state index contributed by atoms with van der Waals surface area (Å²) in [7, 11) is 0. The van der Waals surface area contributed by atoms with Crippen molar-refractivity contribution in [3.8, 4) is 5.75 Å². The summed E-state index contributed by atoms with van der Waals surface area (Å²) >= 11 is 6.30. The largest absolute Gasteiger partial charge is 0.489 e. The van der Waals surface area contributed by atoms with E-state index in [1.807, 2.05) is 27.7 Å². The molecule has 0 unspecified atom stereocenters. The summed E-state index contributed by atoms with van der Waals surface area (Å²) in [6.45, 7) is 8.71.